The van der Waals surface area contributed by atoms with Crippen molar-refractivity contribution in [2.45, 2.75) is 0 Å². The first kappa shape index (κ1) is 28.7. The Bertz CT molecular complexity index is 2110. The number of pyridine rings is 1. The molecule has 5 aromatic carbocycles. The van der Waals surface area contributed by atoms with E-state index >= 15 is 0 Å². The lowest BCUT2D eigenvalue weighted by molar-refractivity contribution is 1.01. The zero-order valence-corrected chi connectivity index (χ0v) is 25.4. The lowest BCUT2D eigenvalue weighted by Crippen LogP contribution is -2.14. The van der Waals surface area contributed by atoms with Gasteiger partial charge in [0.05, 0.1) is 5.71 Å². The summed E-state index contributed by atoms with van der Waals surface area (Å²) in [5, 5.41) is 6.08. The van der Waals surface area contributed by atoms with Crippen molar-refractivity contribution in [3.63, 3.8) is 0 Å². The number of hydrogen-bond donors (Lipinski definition) is 1. The van der Waals surface area contributed by atoms with Gasteiger partial charge < -0.3 is 5.32 Å². The minimum atomic E-state index is 0.685. The van der Waals surface area contributed by atoms with E-state index in [1.54, 1.807) is 0 Å². The molecular weight excluding hydrogens is 558 g/mol. The van der Waals surface area contributed by atoms with Crippen LogP contribution in [0.3, 0.4) is 0 Å². The molecule has 0 bridgehead atoms. The molecule has 1 aliphatic rings. The Kier molecular flexibility index (Phi) is 8.55. The van der Waals surface area contributed by atoms with Gasteiger partial charge in [-0.15, -0.1) is 0 Å². The van der Waals surface area contributed by atoms with Gasteiger partial charge in [0.1, 0.15) is 0 Å². The van der Waals surface area contributed by atoms with E-state index in [0.717, 1.165) is 39.2 Å². The molecule has 1 aliphatic heterocycles. The SMILES string of the molecule is C1=C\C=C\CN/C(c2ccc(-c3ccccc3)cc2)=C\C(c2cc(-c3cccnc3)cc(-c3cccc4ccccc34)c2)=N\C=C/1. The van der Waals surface area contributed by atoms with Gasteiger partial charge in [-0.25, -0.2) is 0 Å². The number of nitrogens with zero attached hydrogens (tertiary/aromatic N) is 2. The summed E-state index contributed by atoms with van der Waals surface area (Å²) in [6, 6.07) is 45.0. The van der Waals surface area contributed by atoms with Crippen molar-refractivity contribution in [3.8, 4) is 33.4 Å². The van der Waals surface area contributed by atoms with E-state index in [0.29, 0.717) is 6.54 Å². The highest BCUT2D eigenvalue weighted by Gasteiger charge is 2.13. The summed E-state index contributed by atoms with van der Waals surface area (Å²) in [5.41, 5.74) is 10.8. The third kappa shape index (κ3) is 6.54. The van der Waals surface area contributed by atoms with Crippen LogP contribution in [0.4, 0.5) is 0 Å². The van der Waals surface area contributed by atoms with Gasteiger partial charge in [0.2, 0.25) is 0 Å². The van der Waals surface area contributed by atoms with Gasteiger partial charge >= 0.3 is 0 Å². The zero-order valence-electron chi connectivity index (χ0n) is 25.4. The molecule has 3 nitrogen and oxygen atoms in total. The Morgan fingerprint density at radius 2 is 1.24 bits per heavy atom. The molecule has 0 unspecified atom stereocenters. The lowest BCUT2D eigenvalue weighted by atomic mass is 9.92. The maximum absolute atomic E-state index is 5.03. The minimum absolute atomic E-state index is 0.685. The van der Waals surface area contributed by atoms with Gasteiger partial charge in [-0.3, -0.25) is 9.98 Å². The number of benzene rings is 5. The average molecular weight is 592 g/mol. The maximum Gasteiger partial charge on any atom is 0.0723 e. The first-order valence-electron chi connectivity index (χ1n) is 15.5. The smallest absolute Gasteiger partial charge is 0.0723 e. The largest absolute Gasteiger partial charge is 0.381 e. The topological polar surface area (TPSA) is 37.3 Å². The molecule has 0 amide bonds. The first-order valence-corrected chi connectivity index (χ1v) is 15.5. The van der Waals surface area contributed by atoms with Gasteiger partial charge in [0.15, 0.2) is 0 Å². The maximum atomic E-state index is 5.03. The molecule has 46 heavy (non-hydrogen) atoms. The van der Waals surface area contributed by atoms with E-state index in [9.17, 15) is 0 Å². The van der Waals surface area contributed by atoms with Gasteiger partial charge in [-0.2, -0.15) is 0 Å². The zero-order chi connectivity index (χ0) is 31.0. The summed E-state index contributed by atoms with van der Waals surface area (Å²) >= 11 is 0. The first-order chi connectivity index (χ1) is 22.8. The molecule has 0 fully saturated rings. The second-order valence-electron chi connectivity index (χ2n) is 11.1. The Labute approximate surface area is 270 Å². The van der Waals surface area contributed by atoms with Crippen molar-refractivity contribution >= 4 is 22.2 Å². The molecule has 0 radical (unpaired) electrons. The van der Waals surface area contributed by atoms with Crippen LogP contribution in [0.15, 0.2) is 187 Å². The lowest BCUT2D eigenvalue weighted by Gasteiger charge is -2.15. The molecule has 0 aliphatic carbocycles. The van der Waals surface area contributed by atoms with Gasteiger partial charge in [0.25, 0.3) is 0 Å². The average Bonchev–Trinajstić information content (AvgIpc) is 3.12. The Hall–Kier alpha value is -6.06. The van der Waals surface area contributed by atoms with Crippen LogP contribution in [-0.2, 0) is 0 Å². The molecule has 0 atom stereocenters. The van der Waals surface area contributed by atoms with Crippen LogP contribution in [-0.4, -0.2) is 17.2 Å². The van der Waals surface area contributed by atoms with Crippen LogP contribution in [0.5, 0.6) is 0 Å². The summed E-state index contributed by atoms with van der Waals surface area (Å²) in [4.78, 5) is 9.46. The van der Waals surface area contributed by atoms with Crippen LogP contribution in [0, 0.1) is 0 Å². The number of rotatable bonds is 5. The van der Waals surface area contributed by atoms with Crippen molar-refractivity contribution in [1.82, 2.24) is 10.3 Å². The molecule has 3 heteroatoms. The number of hydrogen-bond acceptors (Lipinski definition) is 3. The standard InChI is InChI=1S/C43H33N3/c1-2-9-25-45-42(35-22-20-33(21-23-35)32-13-5-4-6-14-32)30-43(46-26-10-3-1)39-28-37(36-17-12-24-44-31-36)27-38(29-39)41-19-11-16-34-15-7-8-18-40(34)41/h1-24,26-31,45H,25H2/b3-1-,9-2+,26-10-,42-30-,46-43-. The highest BCUT2D eigenvalue weighted by atomic mass is 14.9. The van der Waals surface area contributed by atoms with Crippen molar-refractivity contribution in [2.75, 3.05) is 6.54 Å². The minimum Gasteiger partial charge on any atom is -0.381 e. The molecule has 7 rings (SSSR count). The summed E-state index contributed by atoms with van der Waals surface area (Å²) in [5.74, 6) is 0. The fourth-order valence-electron chi connectivity index (χ4n) is 5.77. The van der Waals surface area contributed by atoms with E-state index < -0.39 is 0 Å². The number of allylic oxidation sites excluding steroid dienone is 5. The molecule has 220 valence electrons. The van der Waals surface area contributed by atoms with E-state index in [4.69, 9.17) is 4.99 Å². The van der Waals surface area contributed by atoms with Gasteiger partial charge in [0, 0.05) is 42.0 Å². The Morgan fingerprint density at radius 3 is 2.11 bits per heavy atom. The molecular formula is C43H33N3. The van der Waals surface area contributed by atoms with E-state index in [-0.39, 0.29) is 0 Å². The van der Waals surface area contributed by atoms with E-state index in [2.05, 4.69) is 138 Å². The van der Waals surface area contributed by atoms with Crippen LogP contribution in [0.1, 0.15) is 11.1 Å². The normalized spacial score (nSPS) is 17.7. The number of nitrogens with one attached hydrogen (secondary N) is 1. The Morgan fingerprint density at radius 1 is 0.522 bits per heavy atom. The van der Waals surface area contributed by atoms with Crippen molar-refractivity contribution in [3.05, 3.63) is 194 Å². The second kappa shape index (κ2) is 13.7. The molecule has 0 spiro atoms. The fourth-order valence-corrected chi connectivity index (χ4v) is 5.77. The number of aliphatic imine (C=N–C) groups is 1. The molecule has 1 aromatic heterocycles. The van der Waals surface area contributed by atoms with Crippen LogP contribution in [0.25, 0.3) is 49.9 Å². The van der Waals surface area contributed by atoms with Crippen LogP contribution in [0.2, 0.25) is 0 Å². The Balaban J connectivity index is 1.39. The third-order valence-corrected chi connectivity index (χ3v) is 8.09. The van der Waals surface area contributed by atoms with E-state index in [1.165, 1.54) is 27.5 Å². The molecule has 2 heterocycles. The monoisotopic (exact) mass is 591 g/mol. The molecule has 6 aromatic rings. The highest BCUT2D eigenvalue weighted by Crippen LogP contribution is 2.33. The predicted molar refractivity (Wildman–Crippen MR) is 194 cm³/mol. The quantitative estimate of drug-likeness (QED) is 0.217. The predicted octanol–water partition coefficient (Wildman–Crippen LogP) is 10.3. The van der Waals surface area contributed by atoms with Crippen LogP contribution >= 0.6 is 0 Å². The number of fused-ring (bicyclic) bond motifs is 1. The second-order valence-corrected chi connectivity index (χ2v) is 11.1. The third-order valence-electron chi connectivity index (χ3n) is 8.09. The fraction of sp³-hybridized carbons (Fsp3) is 0.0233. The summed E-state index contributed by atoms with van der Waals surface area (Å²) in [7, 11) is 0. The highest BCUT2D eigenvalue weighted by molar-refractivity contribution is 6.14. The van der Waals surface area contributed by atoms with Crippen molar-refractivity contribution in [1.29, 1.82) is 0 Å². The number of aromatic nitrogens is 1. The van der Waals surface area contributed by atoms with Gasteiger partial charge in [-0.1, -0.05) is 127 Å². The summed E-state index contributed by atoms with van der Waals surface area (Å²) in [6.45, 7) is 0.685. The molecule has 1 N–H and O–H groups in total. The van der Waals surface area contributed by atoms with Gasteiger partial charge in [-0.05, 0) is 80.6 Å². The van der Waals surface area contributed by atoms with Crippen molar-refractivity contribution in [2.24, 2.45) is 4.99 Å². The van der Waals surface area contributed by atoms with E-state index in [1.807, 2.05) is 55.0 Å². The summed E-state index contributed by atoms with van der Waals surface area (Å²) in [6.07, 6.45) is 17.9. The molecule has 0 saturated heterocycles. The van der Waals surface area contributed by atoms with Crippen molar-refractivity contribution < 1.29 is 0 Å². The van der Waals surface area contributed by atoms with Crippen LogP contribution < -0.4 is 5.32 Å². The molecule has 0 saturated carbocycles. The summed E-state index contributed by atoms with van der Waals surface area (Å²) < 4.78 is 0.